The molecule has 8 heteroatoms. The first kappa shape index (κ1) is 26.6. The lowest BCUT2D eigenvalue weighted by Crippen LogP contribution is -2.53. The van der Waals surface area contributed by atoms with Crippen LogP contribution in [-0.2, 0) is 17.8 Å². The molecule has 1 aromatic heterocycles. The van der Waals surface area contributed by atoms with Crippen LogP contribution in [-0.4, -0.2) is 72.5 Å². The first-order chi connectivity index (χ1) is 15.1. The maximum absolute atomic E-state index is 5.20. The molecule has 1 saturated heterocycles. The Morgan fingerprint density at radius 1 is 1.16 bits per heavy atom. The van der Waals surface area contributed by atoms with Gasteiger partial charge in [0.25, 0.3) is 0 Å². The van der Waals surface area contributed by atoms with Crippen LogP contribution in [0.4, 0.5) is 0 Å². The van der Waals surface area contributed by atoms with Crippen LogP contribution in [0.15, 0.2) is 35.3 Å². The average Bonchev–Trinajstić information content (AvgIpc) is 3.07. The van der Waals surface area contributed by atoms with E-state index in [0.717, 1.165) is 57.3 Å². The van der Waals surface area contributed by atoms with Gasteiger partial charge < -0.3 is 15.0 Å². The summed E-state index contributed by atoms with van der Waals surface area (Å²) in [5.41, 5.74) is 4.91. The number of halogens is 1. The Bertz CT molecular complexity index is 846. The summed E-state index contributed by atoms with van der Waals surface area (Å²) in [4.78, 5) is 9.53. The number of nitrogens with zero attached hydrogens (tertiary/aromatic N) is 5. The van der Waals surface area contributed by atoms with E-state index in [0.29, 0.717) is 12.6 Å². The third kappa shape index (κ3) is 6.45. The van der Waals surface area contributed by atoms with Gasteiger partial charge in [0.05, 0.1) is 18.8 Å². The molecule has 3 rings (SSSR count). The predicted molar refractivity (Wildman–Crippen MR) is 142 cm³/mol. The SMILES string of the molecule is CCC(c1ccccc1)N1CCN(C(=NC)NCc2c(C)nn(CCOC)c2C)CC1.I. The molecule has 0 radical (unpaired) electrons. The molecule has 1 N–H and O–H groups in total. The summed E-state index contributed by atoms with van der Waals surface area (Å²) in [6.07, 6.45) is 1.13. The Balaban J connectivity index is 0.00000363. The minimum Gasteiger partial charge on any atom is -0.383 e. The predicted octanol–water partition coefficient (Wildman–Crippen LogP) is 3.61. The number of hydrogen-bond donors (Lipinski definition) is 1. The van der Waals surface area contributed by atoms with Gasteiger partial charge >= 0.3 is 0 Å². The first-order valence-corrected chi connectivity index (χ1v) is 11.3. The minimum atomic E-state index is 0. The monoisotopic (exact) mass is 554 g/mol. The van der Waals surface area contributed by atoms with Gasteiger partial charge in [-0.3, -0.25) is 14.6 Å². The molecule has 1 aromatic carbocycles. The van der Waals surface area contributed by atoms with Gasteiger partial charge in [0.2, 0.25) is 0 Å². The number of ether oxygens (including phenoxy) is 1. The van der Waals surface area contributed by atoms with Crippen molar-refractivity contribution in [3.8, 4) is 0 Å². The molecule has 0 bridgehead atoms. The fraction of sp³-hybridized carbons (Fsp3) is 0.583. The molecule has 7 nitrogen and oxygen atoms in total. The molecule has 32 heavy (non-hydrogen) atoms. The van der Waals surface area contributed by atoms with E-state index in [1.54, 1.807) is 7.11 Å². The van der Waals surface area contributed by atoms with Gasteiger partial charge in [0, 0.05) is 64.2 Å². The minimum absolute atomic E-state index is 0. The Hall–Kier alpha value is -1.65. The van der Waals surface area contributed by atoms with Crippen LogP contribution in [0.1, 0.15) is 41.9 Å². The number of nitrogens with one attached hydrogen (secondary N) is 1. The number of aryl methyl sites for hydroxylation is 1. The fourth-order valence-electron chi connectivity index (χ4n) is 4.51. The highest BCUT2D eigenvalue weighted by Gasteiger charge is 2.25. The van der Waals surface area contributed by atoms with Gasteiger partial charge in [-0.15, -0.1) is 24.0 Å². The molecule has 0 saturated carbocycles. The highest BCUT2D eigenvalue weighted by atomic mass is 127. The van der Waals surface area contributed by atoms with E-state index in [-0.39, 0.29) is 24.0 Å². The largest absolute Gasteiger partial charge is 0.383 e. The quantitative estimate of drug-likeness (QED) is 0.307. The van der Waals surface area contributed by atoms with Crippen molar-refractivity contribution in [2.24, 2.45) is 4.99 Å². The summed E-state index contributed by atoms with van der Waals surface area (Å²) in [7, 11) is 3.59. The van der Waals surface area contributed by atoms with Crippen molar-refractivity contribution >= 4 is 29.9 Å². The summed E-state index contributed by atoms with van der Waals surface area (Å²) in [6.45, 7) is 12.7. The number of rotatable bonds is 8. The molecule has 1 atom stereocenters. The maximum atomic E-state index is 5.20. The maximum Gasteiger partial charge on any atom is 0.194 e. The highest BCUT2D eigenvalue weighted by molar-refractivity contribution is 14.0. The van der Waals surface area contributed by atoms with Crippen molar-refractivity contribution < 1.29 is 4.74 Å². The molecule has 1 fully saturated rings. The van der Waals surface area contributed by atoms with Crippen LogP contribution in [0.25, 0.3) is 0 Å². The summed E-state index contributed by atoms with van der Waals surface area (Å²) in [6, 6.07) is 11.4. The van der Waals surface area contributed by atoms with Gasteiger partial charge in [0.15, 0.2) is 5.96 Å². The lowest BCUT2D eigenvalue weighted by Gasteiger charge is -2.40. The highest BCUT2D eigenvalue weighted by Crippen LogP contribution is 2.25. The van der Waals surface area contributed by atoms with Crippen LogP contribution in [0.5, 0.6) is 0 Å². The number of benzene rings is 1. The summed E-state index contributed by atoms with van der Waals surface area (Å²) >= 11 is 0. The van der Waals surface area contributed by atoms with Gasteiger partial charge in [-0.2, -0.15) is 5.10 Å². The Morgan fingerprint density at radius 2 is 1.84 bits per heavy atom. The number of methoxy groups -OCH3 is 1. The molecular weight excluding hydrogens is 515 g/mol. The normalized spacial score (nSPS) is 16.0. The van der Waals surface area contributed by atoms with Crippen LogP contribution < -0.4 is 5.32 Å². The fourth-order valence-corrected chi connectivity index (χ4v) is 4.51. The Morgan fingerprint density at radius 3 is 2.44 bits per heavy atom. The second-order valence-corrected chi connectivity index (χ2v) is 8.12. The van der Waals surface area contributed by atoms with Crippen molar-refractivity contribution in [2.45, 2.75) is 46.3 Å². The van der Waals surface area contributed by atoms with Gasteiger partial charge in [-0.25, -0.2) is 0 Å². The smallest absolute Gasteiger partial charge is 0.194 e. The van der Waals surface area contributed by atoms with E-state index in [1.165, 1.54) is 16.8 Å². The van der Waals surface area contributed by atoms with Gasteiger partial charge in [0.1, 0.15) is 0 Å². The zero-order chi connectivity index (χ0) is 22.2. The van der Waals surface area contributed by atoms with Gasteiger partial charge in [-0.05, 0) is 25.8 Å². The standard InChI is InChI=1S/C24H38N6O.HI/c1-6-23(21-10-8-7-9-11-21)28-12-14-29(15-13-28)24(25-4)26-18-22-19(2)27-30(20(22)3)16-17-31-5;/h7-11,23H,6,12-18H2,1-5H3,(H,25,26);1H. The molecule has 2 aromatic rings. The van der Waals surface area contributed by atoms with Crippen molar-refractivity contribution in [1.82, 2.24) is 24.9 Å². The number of hydrogen-bond acceptors (Lipinski definition) is 4. The topological polar surface area (TPSA) is 57.9 Å². The zero-order valence-corrected chi connectivity index (χ0v) is 22.5. The van der Waals surface area contributed by atoms with E-state index in [4.69, 9.17) is 4.74 Å². The second kappa shape index (κ2) is 13.2. The molecule has 0 amide bonds. The summed E-state index contributed by atoms with van der Waals surface area (Å²) in [5, 5.41) is 8.24. The molecule has 1 aliphatic heterocycles. The summed E-state index contributed by atoms with van der Waals surface area (Å²) < 4.78 is 7.23. The Labute approximate surface area is 210 Å². The first-order valence-electron chi connectivity index (χ1n) is 11.3. The molecule has 1 unspecified atom stereocenters. The van der Waals surface area contributed by atoms with Crippen LogP contribution in [0.2, 0.25) is 0 Å². The molecule has 1 aliphatic rings. The van der Waals surface area contributed by atoms with Crippen molar-refractivity contribution in [3.63, 3.8) is 0 Å². The van der Waals surface area contributed by atoms with Crippen molar-refractivity contribution in [2.75, 3.05) is 46.9 Å². The van der Waals surface area contributed by atoms with Crippen LogP contribution >= 0.6 is 24.0 Å². The number of aliphatic imine (C=N–C) groups is 1. The van der Waals surface area contributed by atoms with E-state index in [1.807, 2.05) is 11.7 Å². The number of aromatic nitrogens is 2. The van der Waals surface area contributed by atoms with E-state index >= 15 is 0 Å². The molecule has 178 valence electrons. The molecule has 0 spiro atoms. The third-order valence-electron chi connectivity index (χ3n) is 6.30. The van der Waals surface area contributed by atoms with Gasteiger partial charge in [-0.1, -0.05) is 37.3 Å². The molecule has 0 aliphatic carbocycles. The number of guanidine groups is 1. The van der Waals surface area contributed by atoms with E-state index < -0.39 is 0 Å². The van der Waals surface area contributed by atoms with Crippen LogP contribution in [0.3, 0.4) is 0 Å². The van der Waals surface area contributed by atoms with Crippen molar-refractivity contribution in [3.05, 3.63) is 52.8 Å². The number of piperazine rings is 1. The lowest BCUT2D eigenvalue weighted by atomic mass is 10.0. The molecule has 2 heterocycles. The van der Waals surface area contributed by atoms with Crippen molar-refractivity contribution in [1.29, 1.82) is 0 Å². The van der Waals surface area contributed by atoms with E-state index in [2.05, 4.69) is 76.3 Å². The zero-order valence-electron chi connectivity index (χ0n) is 20.2. The lowest BCUT2D eigenvalue weighted by molar-refractivity contribution is 0.127. The van der Waals surface area contributed by atoms with E-state index in [9.17, 15) is 0 Å². The molecular formula is C24H39IN6O. The van der Waals surface area contributed by atoms with Crippen LogP contribution in [0, 0.1) is 13.8 Å². The Kier molecular flexibility index (Phi) is 10.9. The summed E-state index contributed by atoms with van der Waals surface area (Å²) in [5.74, 6) is 0.968. The second-order valence-electron chi connectivity index (χ2n) is 8.12. The third-order valence-corrected chi connectivity index (χ3v) is 6.30. The average molecular weight is 555 g/mol.